The predicted molar refractivity (Wildman–Crippen MR) is 117 cm³/mol. The van der Waals surface area contributed by atoms with Crippen LogP contribution in [0.5, 0.6) is 0 Å². The maximum Gasteiger partial charge on any atom is 0.191 e. The zero-order valence-corrected chi connectivity index (χ0v) is 18.0. The molecule has 2 aliphatic heterocycles. The molecule has 0 bridgehead atoms. The Bertz CT molecular complexity index is 585. The molecule has 0 amide bonds. The van der Waals surface area contributed by atoms with Crippen molar-refractivity contribution >= 4 is 47.2 Å². The SMILES string of the molecule is I.NC(=NCC1(CCO)CCOC1)N1CCN(c2ccc(Cl)cc2)CC1. The van der Waals surface area contributed by atoms with Crippen molar-refractivity contribution in [1.29, 1.82) is 0 Å². The minimum absolute atomic E-state index is 0. The van der Waals surface area contributed by atoms with Gasteiger partial charge in [0, 0.05) is 55.5 Å². The average molecular weight is 495 g/mol. The van der Waals surface area contributed by atoms with Crippen LogP contribution in [0.4, 0.5) is 5.69 Å². The van der Waals surface area contributed by atoms with Crippen molar-refractivity contribution in [1.82, 2.24) is 4.90 Å². The number of hydrogen-bond donors (Lipinski definition) is 2. The van der Waals surface area contributed by atoms with Gasteiger partial charge in [0.1, 0.15) is 0 Å². The molecule has 0 aromatic heterocycles. The third-order valence-electron chi connectivity index (χ3n) is 5.20. The predicted octanol–water partition coefficient (Wildman–Crippen LogP) is 2.18. The van der Waals surface area contributed by atoms with Gasteiger partial charge in [0.25, 0.3) is 0 Å². The Kier molecular flexibility index (Phi) is 8.25. The highest BCUT2D eigenvalue weighted by atomic mass is 127. The summed E-state index contributed by atoms with van der Waals surface area (Å²) in [5.41, 5.74) is 7.36. The topological polar surface area (TPSA) is 74.3 Å². The number of piperazine rings is 1. The van der Waals surface area contributed by atoms with Gasteiger partial charge in [-0.25, -0.2) is 0 Å². The molecule has 2 aliphatic rings. The Hall–Kier alpha value is -0.770. The van der Waals surface area contributed by atoms with Crippen LogP contribution in [0.3, 0.4) is 0 Å². The third-order valence-corrected chi connectivity index (χ3v) is 5.45. The second-order valence-corrected chi connectivity index (χ2v) is 7.34. The largest absolute Gasteiger partial charge is 0.396 e. The highest BCUT2D eigenvalue weighted by Crippen LogP contribution is 2.32. The smallest absolute Gasteiger partial charge is 0.191 e. The fraction of sp³-hybridized carbons (Fsp3) is 0.611. The first-order valence-electron chi connectivity index (χ1n) is 8.86. The van der Waals surface area contributed by atoms with Crippen molar-refractivity contribution in [2.75, 3.05) is 57.4 Å². The van der Waals surface area contributed by atoms with Crippen LogP contribution in [0.25, 0.3) is 0 Å². The summed E-state index contributed by atoms with van der Waals surface area (Å²) in [5, 5.41) is 10.1. The lowest BCUT2D eigenvalue weighted by Gasteiger charge is -2.37. The minimum atomic E-state index is -0.0511. The van der Waals surface area contributed by atoms with Crippen LogP contribution in [0, 0.1) is 5.41 Å². The van der Waals surface area contributed by atoms with Crippen molar-refractivity contribution in [2.24, 2.45) is 16.1 Å². The van der Waals surface area contributed by atoms with Gasteiger partial charge in [-0.05, 0) is 37.1 Å². The van der Waals surface area contributed by atoms with Gasteiger partial charge in [0.05, 0.1) is 13.2 Å². The molecule has 3 N–H and O–H groups in total. The summed E-state index contributed by atoms with van der Waals surface area (Å²) in [6, 6.07) is 7.94. The maximum atomic E-state index is 9.30. The van der Waals surface area contributed by atoms with Crippen LogP contribution >= 0.6 is 35.6 Å². The Morgan fingerprint density at radius 2 is 1.92 bits per heavy atom. The van der Waals surface area contributed by atoms with E-state index in [4.69, 9.17) is 22.1 Å². The van der Waals surface area contributed by atoms with E-state index < -0.39 is 0 Å². The van der Waals surface area contributed by atoms with E-state index >= 15 is 0 Å². The lowest BCUT2D eigenvalue weighted by Crippen LogP contribution is -2.51. The number of nitrogens with zero attached hydrogens (tertiary/aromatic N) is 3. The third kappa shape index (κ3) is 5.37. The molecule has 6 nitrogen and oxygen atoms in total. The number of nitrogens with two attached hydrogens (primary N) is 1. The van der Waals surface area contributed by atoms with Crippen molar-refractivity contribution in [3.05, 3.63) is 29.3 Å². The standard InChI is InChI=1S/C18H27ClN4O2.HI/c19-15-1-3-16(4-2-15)22-7-9-23(10-8-22)17(20)21-13-18(5-11-24)6-12-25-14-18;/h1-4,24H,5-14H2,(H2,20,21);1H. The van der Waals surface area contributed by atoms with Crippen molar-refractivity contribution in [3.63, 3.8) is 0 Å². The molecular weight excluding hydrogens is 467 g/mol. The monoisotopic (exact) mass is 494 g/mol. The number of halogens is 2. The molecule has 0 spiro atoms. The van der Waals surface area contributed by atoms with Gasteiger partial charge in [-0.1, -0.05) is 11.6 Å². The molecule has 1 aromatic rings. The summed E-state index contributed by atoms with van der Waals surface area (Å²) < 4.78 is 5.51. The fourth-order valence-corrected chi connectivity index (χ4v) is 3.61. The molecule has 1 unspecified atom stereocenters. The molecule has 0 radical (unpaired) electrons. The molecule has 3 rings (SSSR count). The normalized spacial score (nSPS) is 23.8. The number of rotatable bonds is 5. The fourth-order valence-electron chi connectivity index (χ4n) is 3.48. The molecule has 2 saturated heterocycles. The number of aliphatic imine (C=N–C) groups is 1. The average Bonchev–Trinajstić information content (AvgIpc) is 3.10. The summed E-state index contributed by atoms with van der Waals surface area (Å²) in [4.78, 5) is 9.09. The van der Waals surface area contributed by atoms with Crippen LogP contribution in [-0.4, -0.2) is 68.5 Å². The zero-order valence-electron chi connectivity index (χ0n) is 14.9. The second-order valence-electron chi connectivity index (χ2n) is 6.90. The first-order chi connectivity index (χ1) is 12.1. The van der Waals surface area contributed by atoms with Gasteiger partial charge in [0.15, 0.2) is 5.96 Å². The van der Waals surface area contributed by atoms with Gasteiger partial charge in [0.2, 0.25) is 0 Å². The Morgan fingerprint density at radius 1 is 1.23 bits per heavy atom. The Morgan fingerprint density at radius 3 is 2.50 bits per heavy atom. The highest BCUT2D eigenvalue weighted by Gasteiger charge is 2.34. The summed E-state index contributed by atoms with van der Waals surface area (Å²) in [7, 11) is 0. The molecule has 8 heteroatoms. The van der Waals surface area contributed by atoms with Crippen molar-refractivity contribution in [3.8, 4) is 0 Å². The quantitative estimate of drug-likeness (QED) is 0.373. The molecule has 0 aliphatic carbocycles. The van der Waals surface area contributed by atoms with E-state index in [0.29, 0.717) is 25.5 Å². The van der Waals surface area contributed by atoms with E-state index in [1.807, 2.05) is 24.3 Å². The number of anilines is 1. The van der Waals surface area contributed by atoms with Crippen LogP contribution < -0.4 is 10.6 Å². The van der Waals surface area contributed by atoms with E-state index in [1.165, 1.54) is 5.69 Å². The van der Waals surface area contributed by atoms with Gasteiger partial charge < -0.3 is 25.4 Å². The minimum Gasteiger partial charge on any atom is -0.396 e. The highest BCUT2D eigenvalue weighted by molar-refractivity contribution is 14.0. The molecule has 1 atom stereocenters. The van der Waals surface area contributed by atoms with Gasteiger partial charge in [-0.2, -0.15) is 0 Å². The van der Waals surface area contributed by atoms with Crippen LogP contribution in [0.1, 0.15) is 12.8 Å². The van der Waals surface area contributed by atoms with Crippen LogP contribution in [-0.2, 0) is 4.74 Å². The van der Waals surface area contributed by atoms with Crippen LogP contribution in [0.2, 0.25) is 5.02 Å². The first kappa shape index (κ1) is 21.5. The Labute approximate surface area is 177 Å². The number of benzene rings is 1. The number of guanidine groups is 1. The summed E-state index contributed by atoms with van der Waals surface area (Å²) in [6.45, 7) is 5.70. The van der Waals surface area contributed by atoms with E-state index in [0.717, 1.165) is 44.2 Å². The lowest BCUT2D eigenvalue weighted by atomic mass is 9.84. The number of aliphatic hydroxyl groups is 1. The van der Waals surface area contributed by atoms with E-state index in [2.05, 4.69) is 14.8 Å². The molecule has 26 heavy (non-hydrogen) atoms. The maximum absolute atomic E-state index is 9.30. The summed E-state index contributed by atoms with van der Waals surface area (Å²) >= 11 is 5.95. The van der Waals surface area contributed by atoms with E-state index in [-0.39, 0.29) is 36.0 Å². The van der Waals surface area contributed by atoms with Gasteiger partial charge >= 0.3 is 0 Å². The summed E-state index contributed by atoms with van der Waals surface area (Å²) in [5.74, 6) is 0.597. The van der Waals surface area contributed by atoms with Gasteiger partial charge in [-0.3, -0.25) is 4.99 Å². The molecule has 2 heterocycles. The molecule has 1 aromatic carbocycles. The molecular formula is C18H28ClIN4O2. The first-order valence-corrected chi connectivity index (χ1v) is 9.24. The van der Waals surface area contributed by atoms with E-state index in [1.54, 1.807) is 0 Å². The number of ether oxygens (including phenoxy) is 1. The molecule has 0 saturated carbocycles. The van der Waals surface area contributed by atoms with Crippen molar-refractivity contribution in [2.45, 2.75) is 12.8 Å². The van der Waals surface area contributed by atoms with Crippen LogP contribution in [0.15, 0.2) is 29.3 Å². The Balaban J connectivity index is 0.00000243. The lowest BCUT2D eigenvalue weighted by molar-refractivity contribution is 0.131. The molecule has 2 fully saturated rings. The molecule has 146 valence electrons. The van der Waals surface area contributed by atoms with Crippen molar-refractivity contribution < 1.29 is 9.84 Å². The number of aliphatic hydroxyl groups excluding tert-OH is 1. The second kappa shape index (κ2) is 9.96. The van der Waals surface area contributed by atoms with Gasteiger partial charge in [-0.15, -0.1) is 24.0 Å². The van der Waals surface area contributed by atoms with E-state index in [9.17, 15) is 5.11 Å². The zero-order chi connectivity index (χ0) is 17.7. The number of hydrogen-bond acceptors (Lipinski definition) is 4. The summed E-state index contributed by atoms with van der Waals surface area (Å²) in [6.07, 6.45) is 1.66.